The number of nitro groups is 1. The van der Waals surface area contributed by atoms with E-state index in [1.807, 2.05) is 0 Å². The first-order valence-corrected chi connectivity index (χ1v) is 11.6. The van der Waals surface area contributed by atoms with Crippen molar-refractivity contribution in [3.63, 3.8) is 0 Å². The van der Waals surface area contributed by atoms with Crippen LogP contribution in [0.4, 0.5) is 17.1 Å². The molecule has 1 atom stereocenters. The highest BCUT2D eigenvalue weighted by Gasteiger charge is 2.15. The van der Waals surface area contributed by atoms with Crippen LogP contribution < -0.4 is 10.4 Å². The first-order valence-electron chi connectivity index (χ1n) is 7.50. The minimum atomic E-state index is -0.582. The summed E-state index contributed by atoms with van der Waals surface area (Å²) in [6.45, 7) is 0. The molecule has 0 spiro atoms. The molecule has 140 valence electrons. The van der Waals surface area contributed by atoms with Crippen LogP contribution in [-0.4, -0.2) is 28.0 Å². The summed E-state index contributed by atoms with van der Waals surface area (Å²) in [7, 11) is 0. The Morgan fingerprint density at radius 1 is 1.37 bits per heavy atom. The van der Waals surface area contributed by atoms with Gasteiger partial charge in [-0.25, -0.2) is 0 Å². The molecule has 0 fully saturated rings. The number of ketones is 1. The Morgan fingerprint density at radius 2 is 2.15 bits per heavy atom. The Hall–Kier alpha value is -2.59. The van der Waals surface area contributed by atoms with Gasteiger partial charge in [-0.05, 0) is 40.2 Å². The van der Waals surface area contributed by atoms with E-state index in [4.69, 9.17) is 5.41 Å². The van der Waals surface area contributed by atoms with E-state index in [-0.39, 0.29) is 23.5 Å². The smallest absolute Gasteiger partial charge is 0.270 e. The molecule has 0 aliphatic heterocycles. The molecule has 27 heavy (non-hydrogen) atoms. The van der Waals surface area contributed by atoms with Crippen LogP contribution in [0.1, 0.15) is 22.3 Å². The summed E-state index contributed by atoms with van der Waals surface area (Å²) < 4.78 is 0. The van der Waals surface area contributed by atoms with Gasteiger partial charge in [-0.15, -0.1) is 0 Å². The van der Waals surface area contributed by atoms with Gasteiger partial charge in [0.25, 0.3) is 5.69 Å². The van der Waals surface area contributed by atoms with E-state index in [9.17, 15) is 20.1 Å². The molecular weight excluding hydrogens is 484 g/mol. The van der Waals surface area contributed by atoms with Crippen molar-refractivity contribution in [2.45, 2.75) is 6.42 Å². The highest BCUT2D eigenvalue weighted by Crippen LogP contribution is 2.28. The molecule has 2 aromatic carbocycles. The first kappa shape index (κ1) is 20.7. The molecule has 0 aliphatic rings. The zero-order valence-electron chi connectivity index (χ0n) is 13.8. The largest absolute Gasteiger partial charge is 0.409 e. The molecule has 0 aliphatic carbocycles. The molecule has 4 N–H and O–H groups in total. The number of nitrogens with zero attached hydrogens (tertiary/aromatic N) is 2. The van der Waals surface area contributed by atoms with Crippen molar-refractivity contribution in [2.75, 3.05) is 10.4 Å². The molecule has 11 heteroatoms. The van der Waals surface area contributed by atoms with Crippen molar-refractivity contribution in [3.8, 4) is 0 Å². The van der Waals surface area contributed by atoms with Crippen molar-refractivity contribution < 1.29 is 14.9 Å². The minimum Gasteiger partial charge on any atom is -0.409 e. The number of hydrogen-bond acceptors (Lipinski definition) is 7. The quantitative estimate of drug-likeness (QED) is 0.0620. The number of rotatable bonds is 8. The Labute approximate surface area is 169 Å². The van der Waals surface area contributed by atoms with Gasteiger partial charge in [0.2, 0.25) is 0 Å². The van der Waals surface area contributed by atoms with E-state index < -0.39 is 10.7 Å². The molecule has 0 aromatic heterocycles. The summed E-state index contributed by atoms with van der Waals surface area (Å²) in [5.41, 5.74) is 1.92. The van der Waals surface area contributed by atoms with Crippen molar-refractivity contribution in [3.05, 3.63) is 63.7 Å². The Morgan fingerprint density at radius 3 is 2.78 bits per heavy atom. The number of nitro benzene ring substituents is 1. The number of hydrogen-bond donors (Lipinski definition) is 4. The number of halogens is 1. The molecule has 1 unspecified atom stereocenters. The van der Waals surface area contributed by atoms with E-state index in [1.165, 1.54) is 30.5 Å². The van der Waals surface area contributed by atoms with Crippen molar-refractivity contribution >= 4 is 63.3 Å². The number of amidine groups is 1. The van der Waals surface area contributed by atoms with Gasteiger partial charge in [-0.3, -0.25) is 14.9 Å². The zero-order valence-corrected chi connectivity index (χ0v) is 16.9. The number of non-ortho nitro benzene ring substituents is 1. The maximum atomic E-state index is 12.3. The Kier molecular flexibility index (Phi) is 7.62. The Bertz CT molecular complexity index is 906. The second-order valence-electron chi connectivity index (χ2n) is 5.24. The molecule has 0 saturated heterocycles. The minimum absolute atomic E-state index is 0.0149. The van der Waals surface area contributed by atoms with Crippen LogP contribution in [0.25, 0.3) is 0 Å². The molecule has 0 amide bonds. The first-order chi connectivity index (χ1) is 13.0. The normalized spacial score (nSPS) is 11.4. The van der Waals surface area contributed by atoms with Gasteiger partial charge < -0.3 is 21.0 Å². The van der Waals surface area contributed by atoms with Gasteiger partial charge in [-0.2, -0.15) is 0 Å². The van der Waals surface area contributed by atoms with Crippen LogP contribution in [0.15, 0.2) is 47.6 Å². The predicted octanol–water partition coefficient (Wildman–Crippen LogP) is 4.42. The average Bonchev–Trinajstić information content (AvgIpc) is 2.68. The van der Waals surface area contributed by atoms with Gasteiger partial charge in [0.15, 0.2) is 11.6 Å². The highest BCUT2D eigenvalue weighted by molar-refractivity contribution is 14.2. The van der Waals surface area contributed by atoms with E-state index in [0.717, 1.165) is 5.69 Å². The van der Waals surface area contributed by atoms with Gasteiger partial charge >= 0.3 is 0 Å². The topological polar surface area (TPSA) is 141 Å². The van der Waals surface area contributed by atoms with Crippen LogP contribution in [0.5, 0.6) is 0 Å². The second-order valence-corrected chi connectivity index (χ2v) is 7.30. The summed E-state index contributed by atoms with van der Waals surface area (Å²) in [5.74, 6) is -0.449. The van der Waals surface area contributed by atoms with E-state index >= 15 is 0 Å². The molecule has 0 saturated carbocycles. The highest BCUT2D eigenvalue weighted by atomic mass is 127. The fourth-order valence-electron chi connectivity index (χ4n) is 2.24. The fraction of sp³-hybridized carbons (Fsp3) is 0.0625. The lowest BCUT2D eigenvalue weighted by molar-refractivity contribution is -0.384. The van der Waals surface area contributed by atoms with E-state index in [0.29, 0.717) is 17.6 Å². The Balaban J connectivity index is 2.14. The van der Waals surface area contributed by atoms with E-state index in [2.05, 4.69) is 37.6 Å². The number of anilines is 2. The lowest BCUT2D eigenvalue weighted by atomic mass is 10.1. The number of oxime groups is 1. The second kappa shape index (κ2) is 9.93. The van der Waals surface area contributed by atoms with Crippen molar-refractivity contribution in [1.82, 2.24) is 0 Å². The fourth-order valence-corrected chi connectivity index (χ4v) is 3.44. The standard InChI is InChI=1S/C16H15IN5O4P/c17-27-21-14-5-4-12(6-11(14)9-18)19-16(20-24)8-15(23)10-2-1-3-13(7-10)22(25)26/h1-7,9,18,21,24,27H,8H2,(H,19,20). The maximum Gasteiger partial charge on any atom is 0.270 e. The van der Waals surface area contributed by atoms with Crippen LogP contribution >= 0.6 is 28.4 Å². The number of benzene rings is 2. The maximum absolute atomic E-state index is 12.3. The van der Waals surface area contributed by atoms with Crippen LogP contribution in [0.2, 0.25) is 0 Å². The number of carbonyl (C=O) groups excluding carboxylic acids is 1. The van der Waals surface area contributed by atoms with Gasteiger partial charge in [0.05, 0.1) is 11.3 Å². The monoisotopic (exact) mass is 499 g/mol. The summed E-state index contributed by atoms with van der Waals surface area (Å²) in [4.78, 5) is 22.6. The summed E-state index contributed by atoms with van der Waals surface area (Å²) in [5, 5.41) is 36.6. The molecule has 9 nitrogen and oxygen atoms in total. The van der Waals surface area contributed by atoms with Crippen LogP contribution in [-0.2, 0) is 0 Å². The number of Topliss-reactive ketones (excluding diaryl/α,β-unsaturated/α-hetero) is 1. The predicted molar refractivity (Wildman–Crippen MR) is 115 cm³/mol. The van der Waals surface area contributed by atoms with Gasteiger partial charge in [0, 0.05) is 47.2 Å². The molecule has 2 rings (SSSR count). The molecule has 0 bridgehead atoms. The van der Waals surface area contributed by atoms with Crippen molar-refractivity contribution in [1.29, 1.82) is 5.41 Å². The summed E-state index contributed by atoms with van der Waals surface area (Å²) >= 11 is 2.18. The summed E-state index contributed by atoms with van der Waals surface area (Å²) in [6.07, 6.45) is 1.36. The van der Waals surface area contributed by atoms with Crippen molar-refractivity contribution in [2.24, 2.45) is 5.16 Å². The van der Waals surface area contributed by atoms with Crippen LogP contribution in [0, 0.1) is 15.5 Å². The van der Waals surface area contributed by atoms with Crippen LogP contribution in [0.3, 0.4) is 0 Å². The van der Waals surface area contributed by atoms with Gasteiger partial charge in [0.1, 0.15) is 0 Å². The third-order valence-electron chi connectivity index (χ3n) is 3.51. The summed E-state index contributed by atoms with van der Waals surface area (Å²) in [6, 6.07) is 10.5. The van der Waals surface area contributed by atoms with E-state index in [1.54, 1.807) is 18.2 Å². The molecule has 0 radical (unpaired) electrons. The third kappa shape index (κ3) is 5.69. The van der Waals surface area contributed by atoms with Gasteiger partial charge in [-0.1, -0.05) is 17.3 Å². The molecule has 2 aromatic rings. The number of nitrogens with one attached hydrogen (secondary N) is 3. The SMILES string of the molecule is N=Cc1cc(N/C(CC(=O)c2cccc([N+](=O)[O-])c2)=N\O)ccc1NPI. The number of carbonyl (C=O) groups is 1. The average molecular weight is 499 g/mol. The lowest BCUT2D eigenvalue weighted by Gasteiger charge is -2.11. The zero-order chi connectivity index (χ0) is 19.8. The molecular formula is C16H15IN5O4P. The molecule has 0 heterocycles. The third-order valence-corrected chi connectivity index (χ3v) is 4.68. The lowest BCUT2D eigenvalue weighted by Crippen LogP contribution is -2.17.